The Morgan fingerprint density at radius 2 is 1.42 bits per heavy atom. The minimum absolute atomic E-state index is 0.00995. The average molecular weight is 754 g/mol. The summed E-state index contributed by atoms with van der Waals surface area (Å²) in [5.74, 6) is -1.77. The van der Waals surface area contributed by atoms with E-state index in [0.29, 0.717) is 39.3 Å². The van der Waals surface area contributed by atoms with Crippen molar-refractivity contribution < 1.29 is 47.2 Å². The molecule has 1 amide bonds. The van der Waals surface area contributed by atoms with Crippen molar-refractivity contribution in [3.05, 3.63) is 76.9 Å². The van der Waals surface area contributed by atoms with Gasteiger partial charge in [0.25, 0.3) is 5.79 Å². The summed E-state index contributed by atoms with van der Waals surface area (Å²) in [5.41, 5.74) is 2.81. The minimum Gasteiger partial charge on any atom is -0.493 e. The lowest BCUT2D eigenvalue weighted by Crippen LogP contribution is -2.50. The molecule has 0 unspecified atom stereocenters. The van der Waals surface area contributed by atoms with Gasteiger partial charge in [-0.15, -0.1) is 0 Å². The fraction of sp³-hybridized carbons (Fsp3) is 0.537. The summed E-state index contributed by atoms with van der Waals surface area (Å²) >= 11 is 0. The molecule has 1 aliphatic carbocycles. The van der Waals surface area contributed by atoms with E-state index in [-0.39, 0.29) is 36.2 Å². The lowest BCUT2D eigenvalue weighted by atomic mass is 9.83. The number of esters is 1. The van der Waals surface area contributed by atoms with Crippen LogP contribution in [-0.2, 0) is 28.2 Å². The molecular formula is C41H59NO10Si. The van der Waals surface area contributed by atoms with E-state index in [1.54, 1.807) is 65.3 Å². The van der Waals surface area contributed by atoms with Crippen molar-refractivity contribution in [3.63, 3.8) is 0 Å². The van der Waals surface area contributed by atoms with Crippen LogP contribution in [0.5, 0.6) is 11.5 Å². The zero-order valence-corrected chi connectivity index (χ0v) is 34.7. The molecule has 2 aromatic carbocycles. The van der Waals surface area contributed by atoms with E-state index in [2.05, 4.69) is 46.9 Å². The van der Waals surface area contributed by atoms with Crippen molar-refractivity contribution in [1.29, 1.82) is 0 Å². The van der Waals surface area contributed by atoms with Crippen molar-refractivity contribution in [2.24, 2.45) is 0 Å². The highest BCUT2D eigenvalue weighted by Crippen LogP contribution is 2.48. The first-order valence-electron chi connectivity index (χ1n) is 18.1. The molecule has 0 saturated carbocycles. The largest absolute Gasteiger partial charge is 0.493 e. The maximum absolute atomic E-state index is 13.6. The molecule has 1 aliphatic rings. The zero-order chi connectivity index (χ0) is 39.7. The van der Waals surface area contributed by atoms with Gasteiger partial charge >= 0.3 is 12.1 Å². The van der Waals surface area contributed by atoms with Crippen molar-refractivity contribution in [2.45, 2.75) is 103 Å². The number of amides is 1. The van der Waals surface area contributed by atoms with Crippen LogP contribution >= 0.6 is 0 Å². The number of rotatable bonds is 17. The molecule has 0 aromatic heterocycles. The topological polar surface area (TPSA) is 128 Å². The Morgan fingerprint density at radius 1 is 0.849 bits per heavy atom. The van der Waals surface area contributed by atoms with Gasteiger partial charge in [-0.1, -0.05) is 59.7 Å². The summed E-state index contributed by atoms with van der Waals surface area (Å²) in [6, 6.07) is 12.4. The van der Waals surface area contributed by atoms with Gasteiger partial charge in [-0.25, -0.2) is 9.59 Å². The summed E-state index contributed by atoms with van der Waals surface area (Å²) in [4.78, 5) is 39.6. The number of benzene rings is 2. The Morgan fingerprint density at radius 3 is 1.92 bits per heavy atom. The van der Waals surface area contributed by atoms with Gasteiger partial charge in [0.05, 0.1) is 39.0 Å². The number of methoxy groups -OCH3 is 4. The van der Waals surface area contributed by atoms with Crippen LogP contribution in [-0.4, -0.2) is 79.1 Å². The normalized spacial score (nSPS) is 15.2. The van der Waals surface area contributed by atoms with Crippen LogP contribution in [0.2, 0.25) is 16.6 Å². The van der Waals surface area contributed by atoms with Crippen molar-refractivity contribution in [2.75, 3.05) is 41.6 Å². The second kappa shape index (κ2) is 18.4. The molecule has 0 heterocycles. The van der Waals surface area contributed by atoms with Crippen LogP contribution in [0.1, 0.15) is 96.3 Å². The fourth-order valence-corrected chi connectivity index (χ4v) is 12.7. The summed E-state index contributed by atoms with van der Waals surface area (Å²) in [5, 5.41) is 2.96. The molecule has 0 radical (unpaired) electrons. The monoisotopic (exact) mass is 753 g/mol. The number of allylic oxidation sites excluding steroid dienone is 1. The number of nitrogens with one attached hydrogen (secondary N) is 1. The van der Waals surface area contributed by atoms with E-state index in [0.717, 1.165) is 0 Å². The number of carbonyl (C=O) groups excluding carboxylic acids is 3. The fourth-order valence-electron chi connectivity index (χ4n) is 7.22. The second-order valence-corrected chi connectivity index (χ2v) is 20.4. The van der Waals surface area contributed by atoms with Gasteiger partial charge in [-0.2, -0.15) is 0 Å². The summed E-state index contributed by atoms with van der Waals surface area (Å²) in [7, 11) is 3.28. The molecule has 0 spiro atoms. The van der Waals surface area contributed by atoms with Gasteiger partial charge in [0, 0.05) is 20.6 Å². The van der Waals surface area contributed by atoms with E-state index >= 15 is 0 Å². The minimum atomic E-state index is -2.61. The Bertz CT molecular complexity index is 1620. The van der Waals surface area contributed by atoms with E-state index < -0.39 is 43.7 Å². The predicted octanol–water partition coefficient (Wildman–Crippen LogP) is 8.59. The third-order valence-corrected chi connectivity index (χ3v) is 15.7. The second-order valence-electron chi connectivity index (χ2n) is 15.0. The number of hydrogen-bond donors (Lipinski definition) is 1. The molecule has 0 bridgehead atoms. The van der Waals surface area contributed by atoms with Crippen LogP contribution in [0.15, 0.2) is 60.2 Å². The first kappa shape index (κ1) is 43.4. The van der Waals surface area contributed by atoms with E-state index in [9.17, 15) is 14.4 Å². The van der Waals surface area contributed by atoms with Crippen molar-refractivity contribution >= 4 is 31.7 Å². The molecule has 12 heteroatoms. The van der Waals surface area contributed by atoms with Crippen LogP contribution in [0.3, 0.4) is 0 Å². The summed E-state index contributed by atoms with van der Waals surface area (Å²) < 4.78 is 41.8. The number of hydrogen-bond acceptors (Lipinski definition) is 10. The third kappa shape index (κ3) is 10.2. The molecular weight excluding hydrogens is 695 g/mol. The molecule has 0 saturated heterocycles. The molecule has 1 N–H and O–H groups in total. The number of carbonyl (C=O) groups is 3. The van der Waals surface area contributed by atoms with Crippen molar-refractivity contribution in [3.8, 4) is 11.5 Å². The smallest absolute Gasteiger partial charge is 0.407 e. The number of ether oxygens (including phenoxy) is 6. The molecule has 1 atom stereocenters. The van der Waals surface area contributed by atoms with Gasteiger partial charge in [0.1, 0.15) is 5.60 Å². The van der Waals surface area contributed by atoms with Gasteiger partial charge in [-0.3, -0.25) is 4.79 Å². The average Bonchev–Trinajstić information content (AvgIpc) is 3.10. The Balaban J connectivity index is 2.29. The third-order valence-electron chi connectivity index (χ3n) is 9.63. The zero-order valence-electron chi connectivity index (χ0n) is 33.7. The number of ketones is 1. The van der Waals surface area contributed by atoms with Gasteiger partial charge in [0.15, 0.2) is 11.5 Å². The van der Waals surface area contributed by atoms with Crippen LogP contribution in [0.4, 0.5) is 4.79 Å². The van der Waals surface area contributed by atoms with Crippen LogP contribution in [0, 0.1) is 0 Å². The Hall–Kier alpha value is -3.97. The number of alkyl carbamates (subject to hydrolysis) is 1. The first-order valence-corrected chi connectivity index (χ1v) is 20.2. The molecule has 2 aromatic rings. The van der Waals surface area contributed by atoms with Crippen molar-refractivity contribution in [1.82, 2.24) is 5.32 Å². The maximum Gasteiger partial charge on any atom is 0.407 e. The van der Waals surface area contributed by atoms with E-state index in [4.69, 9.17) is 32.8 Å². The van der Waals surface area contributed by atoms with Crippen LogP contribution < -0.4 is 14.8 Å². The SMILES string of the molecule is COc1cc(C2=CC(OC)(OC)C(=O)C=C2CCOC(=O)c2ccccc2)c([C@@H](CNC(=O)OC(C)(C)C)O[Si](C(C)C)(C(C)C)C(C)C)cc1OC. The van der Waals surface area contributed by atoms with Gasteiger partial charge in [-0.05, 0) is 96.1 Å². The molecule has 0 aliphatic heterocycles. The molecule has 11 nitrogen and oxygen atoms in total. The highest BCUT2D eigenvalue weighted by atomic mass is 28.4. The summed E-state index contributed by atoms with van der Waals surface area (Å²) in [6.07, 6.45) is 2.00. The maximum atomic E-state index is 13.6. The van der Waals surface area contributed by atoms with Gasteiger partial charge in [0.2, 0.25) is 14.1 Å². The molecule has 3 rings (SSSR count). The standard InChI is InChI=1S/C41H59NO10Si/c1-26(2)53(27(3)4,28(5)6)52-36(25-42-39(45)51-40(7,8)9)32-23-35(47-11)34(46-10)22-31(32)33-24-41(48-12,49-13)37(43)21-30(33)19-20-50-38(44)29-17-15-14-16-18-29/h14-18,21-24,26-28,36H,19-20,25H2,1-13H3,(H,42,45)/t36-/m1/s1. The lowest BCUT2D eigenvalue weighted by Gasteiger charge is -2.45. The Kier molecular flexibility index (Phi) is 15.1. The molecule has 0 fully saturated rings. The lowest BCUT2D eigenvalue weighted by molar-refractivity contribution is -0.181. The summed E-state index contributed by atoms with van der Waals surface area (Å²) in [6.45, 7) is 18.6. The molecule has 53 heavy (non-hydrogen) atoms. The Labute approximate surface area is 316 Å². The molecule has 292 valence electrons. The van der Waals surface area contributed by atoms with E-state index in [1.165, 1.54) is 20.3 Å². The van der Waals surface area contributed by atoms with Gasteiger partial charge < -0.3 is 38.2 Å². The first-order chi connectivity index (χ1) is 24.9. The highest BCUT2D eigenvalue weighted by molar-refractivity contribution is 6.77. The quantitative estimate of drug-likeness (QED) is 0.0953. The van der Waals surface area contributed by atoms with Crippen LogP contribution in [0.25, 0.3) is 5.57 Å². The predicted molar refractivity (Wildman–Crippen MR) is 208 cm³/mol. The van der Waals surface area contributed by atoms with E-state index in [1.807, 2.05) is 18.2 Å². The highest BCUT2D eigenvalue weighted by Gasteiger charge is 2.48.